The highest BCUT2D eigenvalue weighted by Gasteiger charge is 2.24. The molecular formula is C20H26N2O4. The van der Waals surface area contributed by atoms with Crippen LogP contribution in [-0.2, 0) is 6.54 Å². The Bertz CT molecular complexity index is 810. The first-order valence-electron chi connectivity index (χ1n) is 8.97. The van der Waals surface area contributed by atoms with Gasteiger partial charge >= 0.3 is 0 Å². The van der Waals surface area contributed by atoms with Crippen molar-refractivity contribution in [3.05, 3.63) is 46.3 Å². The number of aromatic nitrogens is 1. The normalized spacial score (nSPS) is 14.2. The Kier molecular flexibility index (Phi) is 5.23. The van der Waals surface area contributed by atoms with Crippen molar-refractivity contribution in [2.75, 3.05) is 19.8 Å². The average Bonchev–Trinajstić information content (AvgIpc) is 2.93. The Balaban J connectivity index is 1.83. The molecule has 26 heavy (non-hydrogen) atoms. The summed E-state index contributed by atoms with van der Waals surface area (Å²) in [5, 5.41) is 9.95. The molecule has 0 unspecified atom stereocenters. The number of nitrogens with zero attached hydrogens (tertiary/aromatic N) is 1. The van der Waals surface area contributed by atoms with Gasteiger partial charge in [0.05, 0.1) is 6.10 Å². The second kappa shape index (κ2) is 7.41. The van der Waals surface area contributed by atoms with E-state index in [-0.39, 0.29) is 5.91 Å². The van der Waals surface area contributed by atoms with Gasteiger partial charge in [-0.25, -0.2) is 0 Å². The molecule has 6 nitrogen and oxygen atoms in total. The van der Waals surface area contributed by atoms with Gasteiger partial charge < -0.3 is 24.5 Å². The molecule has 0 aliphatic carbocycles. The van der Waals surface area contributed by atoms with Crippen LogP contribution in [0.25, 0.3) is 0 Å². The molecule has 2 N–H and O–H groups in total. The zero-order valence-corrected chi connectivity index (χ0v) is 15.8. The molecule has 1 aromatic heterocycles. The Morgan fingerprint density at radius 2 is 1.96 bits per heavy atom. The molecule has 1 aliphatic rings. The highest BCUT2D eigenvalue weighted by molar-refractivity contribution is 5.94. The molecule has 1 aliphatic heterocycles. The summed E-state index contributed by atoms with van der Waals surface area (Å²) < 4.78 is 11.2. The second-order valence-corrected chi connectivity index (χ2v) is 6.64. The Morgan fingerprint density at radius 1 is 1.27 bits per heavy atom. The highest BCUT2D eigenvalue weighted by atomic mass is 16.6. The zero-order chi connectivity index (χ0) is 18.8. The fourth-order valence-corrected chi connectivity index (χ4v) is 3.50. The molecule has 0 radical (unpaired) electrons. The number of fused-ring (bicyclic) bond motifs is 1. The highest BCUT2D eigenvalue weighted by Crippen LogP contribution is 2.31. The van der Waals surface area contributed by atoms with Crippen LogP contribution in [0, 0.1) is 13.8 Å². The quantitative estimate of drug-likeness (QED) is 0.861. The molecule has 2 heterocycles. The molecule has 0 bridgehead atoms. The maximum Gasteiger partial charge on any atom is 0.270 e. The molecule has 2 aromatic rings. The second-order valence-electron chi connectivity index (χ2n) is 6.64. The lowest BCUT2D eigenvalue weighted by Crippen LogP contribution is -2.31. The van der Waals surface area contributed by atoms with Crippen LogP contribution in [0.1, 0.15) is 52.8 Å². The summed E-state index contributed by atoms with van der Waals surface area (Å²) in [6.45, 7) is 9.57. The van der Waals surface area contributed by atoms with Crippen LogP contribution in [0.15, 0.2) is 18.2 Å². The van der Waals surface area contributed by atoms with Crippen molar-refractivity contribution in [1.29, 1.82) is 0 Å². The summed E-state index contributed by atoms with van der Waals surface area (Å²) in [5.74, 6) is 1.39. The van der Waals surface area contributed by atoms with Gasteiger partial charge in [0.15, 0.2) is 11.5 Å². The number of hydrogen-bond acceptors (Lipinski definition) is 4. The minimum absolute atomic E-state index is 0.0742. The number of carbonyl (C=O) groups excluding carboxylic acids is 1. The minimum atomic E-state index is -0.610. The van der Waals surface area contributed by atoms with Gasteiger partial charge in [0.1, 0.15) is 18.9 Å². The maximum atomic E-state index is 13.0. The van der Waals surface area contributed by atoms with E-state index in [1.807, 2.05) is 39.0 Å². The molecule has 140 valence electrons. The summed E-state index contributed by atoms with van der Waals surface area (Å²) in [7, 11) is 0. The molecule has 0 spiro atoms. The van der Waals surface area contributed by atoms with Gasteiger partial charge in [0, 0.05) is 24.3 Å². The predicted octanol–water partition coefficient (Wildman–Crippen LogP) is 3.12. The van der Waals surface area contributed by atoms with Crippen LogP contribution in [0.3, 0.4) is 0 Å². The van der Waals surface area contributed by atoms with Crippen LogP contribution in [0.5, 0.6) is 11.5 Å². The molecule has 0 fully saturated rings. The van der Waals surface area contributed by atoms with E-state index >= 15 is 0 Å². The number of hydrogen-bond donors (Lipinski definition) is 2. The van der Waals surface area contributed by atoms with Crippen molar-refractivity contribution < 1.29 is 19.4 Å². The van der Waals surface area contributed by atoms with Crippen molar-refractivity contribution in [3.8, 4) is 11.5 Å². The summed E-state index contributed by atoms with van der Waals surface area (Å²) >= 11 is 0. The standard InChI is InChI=1S/C20H26N2O4/c1-5-22(11-15-6-7-16-17(10-15)26-9-8-25-16)20(24)19-12(2)18(14(4)23)13(3)21-19/h6-7,10,14,21,23H,5,8-9,11H2,1-4H3/t14-/m0/s1. The third kappa shape index (κ3) is 3.42. The number of benzene rings is 1. The lowest BCUT2D eigenvalue weighted by atomic mass is 10.1. The van der Waals surface area contributed by atoms with Crippen molar-refractivity contribution in [1.82, 2.24) is 9.88 Å². The smallest absolute Gasteiger partial charge is 0.270 e. The van der Waals surface area contributed by atoms with E-state index in [0.717, 1.165) is 33.9 Å². The molecule has 1 aromatic carbocycles. The maximum absolute atomic E-state index is 13.0. The monoisotopic (exact) mass is 358 g/mol. The van der Waals surface area contributed by atoms with Gasteiger partial charge in [-0.2, -0.15) is 0 Å². The number of H-pyrrole nitrogens is 1. The van der Waals surface area contributed by atoms with Gasteiger partial charge in [-0.3, -0.25) is 4.79 Å². The Morgan fingerprint density at radius 3 is 2.58 bits per heavy atom. The third-order valence-electron chi connectivity index (χ3n) is 4.78. The van der Waals surface area contributed by atoms with Crippen molar-refractivity contribution in [2.24, 2.45) is 0 Å². The van der Waals surface area contributed by atoms with E-state index in [1.165, 1.54) is 0 Å². The zero-order valence-electron chi connectivity index (χ0n) is 15.8. The largest absolute Gasteiger partial charge is 0.486 e. The number of carbonyl (C=O) groups is 1. The van der Waals surface area contributed by atoms with E-state index in [9.17, 15) is 9.90 Å². The summed E-state index contributed by atoms with van der Waals surface area (Å²) in [5.41, 5.74) is 3.96. The number of nitrogens with one attached hydrogen (secondary N) is 1. The van der Waals surface area contributed by atoms with E-state index < -0.39 is 6.10 Å². The van der Waals surface area contributed by atoms with Crippen molar-refractivity contribution in [2.45, 2.75) is 40.3 Å². The molecule has 3 rings (SSSR count). The number of aryl methyl sites for hydroxylation is 1. The van der Waals surface area contributed by atoms with E-state index in [2.05, 4.69) is 4.98 Å². The molecular weight excluding hydrogens is 332 g/mol. The van der Waals surface area contributed by atoms with Crippen LogP contribution in [0.4, 0.5) is 0 Å². The van der Waals surface area contributed by atoms with Crippen LogP contribution >= 0.6 is 0 Å². The van der Waals surface area contributed by atoms with Crippen LogP contribution in [0.2, 0.25) is 0 Å². The van der Waals surface area contributed by atoms with Gasteiger partial charge in [0.2, 0.25) is 0 Å². The lowest BCUT2D eigenvalue weighted by Gasteiger charge is -2.23. The number of aliphatic hydroxyl groups excluding tert-OH is 1. The van der Waals surface area contributed by atoms with E-state index in [0.29, 0.717) is 32.0 Å². The van der Waals surface area contributed by atoms with E-state index in [1.54, 1.807) is 11.8 Å². The van der Waals surface area contributed by atoms with Gasteiger partial charge in [-0.05, 0) is 51.0 Å². The molecule has 1 amide bonds. The number of rotatable bonds is 5. The first-order valence-corrected chi connectivity index (χ1v) is 8.97. The van der Waals surface area contributed by atoms with Crippen LogP contribution in [-0.4, -0.2) is 40.7 Å². The predicted molar refractivity (Wildman–Crippen MR) is 98.7 cm³/mol. The molecule has 6 heteroatoms. The van der Waals surface area contributed by atoms with Gasteiger partial charge in [-0.15, -0.1) is 0 Å². The third-order valence-corrected chi connectivity index (χ3v) is 4.78. The first kappa shape index (κ1) is 18.3. The van der Waals surface area contributed by atoms with Gasteiger partial charge in [0.25, 0.3) is 5.91 Å². The lowest BCUT2D eigenvalue weighted by molar-refractivity contribution is 0.0746. The first-order chi connectivity index (χ1) is 12.4. The number of aromatic amines is 1. The van der Waals surface area contributed by atoms with E-state index in [4.69, 9.17) is 9.47 Å². The minimum Gasteiger partial charge on any atom is -0.486 e. The number of aliphatic hydroxyl groups is 1. The Labute approximate surface area is 153 Å². The summed E-state index contributed by atoms with van der Waals surface area (Å²) in [6.07, 6.45) is -0.610. The summed E-state index contributed by atoms with van der Waals surface area (Å²) in [6, 6.07) is 5.77. The fraction of sp³-hybridized carbons (Fsp3) is 0.450. The van der Waals surface area contributed by atoms with Crippen molar-refractivity contribution in [3.63, 3.8) is 0 Å². The van der Waals surface area contributed by atoms with Crippen molar-refractivity contribution >= 4 is 5.91 Å². The summed E-state index contributed by atoms with van der Waals surface area (Å²) in [4.78, 5) is 18.0. The average molecular weight is 358 g/mol. The molecule has 0 saturated heterocycles. The topological polar surface area (TPSA) is 74.8 Å². The number of amides is 1. The fourth-order valence-electron chi connectivity index (χ4n) is 3.50. The number of ether oxygens (including phenoxy) is 2. The SMILES string of the molecule is CCN(Cc1ccc2c(c1)OCCO2)C(=O)c1[nH]c(C)c([C@H](C)O)c1C. The van der Waals surface area contributed by atoms with Crippen LogP contribution < -0.4 is 9.47 Å². The molecule has 0 saturated carbocycles. The molecule has 1 atom stereocenters. The Hall–Kier alpha value is -2.47. The van der Waals surface area contributed by atoms with Gasteiger partial charge in [-0.1, -0.05) is 6.07 Å².